The Bertz CT molecular complexity index is 698. The number of nitrogens with one attached hydrogen (secondary N) is 2. The fraction of sp³-hybridized carbons (Fsp3) is 0.708. The monoisotopic (exact) mass is 432 g/mol. The lowest BCUT2D eigenvalue weighted by atomic mass is 9.95. The lowest BCUT2D eigenvalue weighted by molar-refractivity contribution is 0.185. The van der Waals surface area contributed by atoms with Gasteiger partial charge in [-0.1, -0.05) is 44.5 Å². The standard InChI is InChI=1S/C24H40N4OS/c1-4-30(29)23-7-5-6-22(16-23)27-24(25-3)26-17-20-8-10-21(11-9-20)18-28-14-12-19(2)13-15-28/h8-11,19,22-23H,4-7,12-18H2,1-3H3,(H2,25,26,27). The first-order valence-corrected chi connectivity index (χ1v) is 13.1. The predicted octanol–water partition coefficient (Wildman–Crippen LogP) is 3.66. The maximum atomic E-state index is 12.2. The van der Waals surface area contributed by atoms with Gasteiger partial charge in [0.1, 0.15) is 0 Å². The van der Waals surface area contributed by atoms with Crippen molar-refractivity contribution in [2.24, 2.45) is 10.9 Å². The largest absolute Gasteiger partial charge is 0.354 e. The van der Waals surface area contributed by atoms with Gasteiger partial charge in [0.2, 0.25) is 0 Å². The minimum Gasteiger partial charge on any atom is -0.354 e. The number of hydrogen-bond acceptors (Lipinski definition) is 3. The molecule has 0 spiro atoms. The van der Waals surface area contributed by atoms with Crippen LogP contribution in [-0.2, 0) is 23.9 Å². The van der Waals surface area contributed by atoms with Crippen molar-refractivity contribution in [3.8, 4) is 0 Å². The summed E-state index contributed by atoms with van der Waals surface area (Å²) in [5.74, 6) is 2.48. The average Bonchev–Trinajstić information content (AvgIpc) is 2.78. The van der Waals surface area contributed by atoms with Crippen LogP contribution in [0.5, 0.6) is 0 Å². The van der Waals surface area contributed by atoms with E-state index in [2.05, 4.69) is 51.7 Å². The molecule has 0 aromatic heterocycles. The summed E-state index contributed by atoms with van der Waals surface area (Å²) in [6.45, 7) is 8.65. The molecule has 2 fully saturated rings. The molecule has 0 amide bonds. The van der Waals surface area contributed by atoms with Crippen LogP contribution in [0.3, 0.4) is 0 Å². The molecule has 6 heteroatoms. The van der Waals surface area contributed by atoms with Crippen LogP contribution in [0.2, 0.25) is 0 Å². The zero-order chi connectivity index (χ0) is 21.3. The summed E-state index contributed by atoms with van der Waals surface area (Å²) >= 11 is 0. The Morgan fingerprint density at radius 2 is 1.83 bits per heavy atom. The molecule has 1 saturated carbocycles. The number of piperidine rings is 1. The predicted molar refractivity (Wildman–Crippen MR) is 128 cm³/mol. The van der Waals surface area contributed by atoms with E-state index in [0.717, 1.165) is 56.4 Å². The van der Waals surface area contributed by atoms with E-state index < -0.39 is 10.8 Å². The number of hydrogen-bond donors (Lipinski definition) is 2. The van der Waals surface area contributed by atoms with E-state index in [-0.39, 0.29) is 0 Å². The second kappa shape index (κ2) is 11.8. The molecule has 30 heavy (non-hydrogen) atoms. The van der Waals surface area contributed by atoms with Gasteiger partial charge in [-0.3, -0.25) is 14.1 Å². The van der Waals surface area contributed by atoms with Gasteiger partial charge in [-0.05, 0) is 62.2 Å². The van der Waals surface area contributed by atoms with Crippen LogP contribution in [-0.4, -0.2) is 52.3 Å². The van der Waals surface area contributed by atoms with Gasteiger partial charge in [-0.25, -0.2) is 0 Å². The van der Waals surface area contributed by atoms with Crippen LogP contribution >= 0.6 is 0 Å². The first-order chi connectivity index (χ1) is 14.6. The van der Waals surface area contributed by atoms with Crippen LogP contribution in [0.1, 0.15) is 63.5 Å². The third kappa shape index (κ3) is 7.09. The highest BCUT2D eigenvalue weighted by atomic mass is 32.2. The van der Waals surface area contributed by atoms with Crippen molar-refractivity contribution in [1.82, 2.24) is 15.5 Å². The van der Waals surface area contributed by atoms with Crippen LogP contribution in [0.25, 0.3) is 0 Å². The first kappa shape index (κ1) is 23.3. The zero-order valence-corrected chi connectivity index (χ0v) is 19.8. The molecule has 0 radical (unpaired) electrons. The molecule has 3 rings (SSSR count). The van der Waals surface area contributed by atoms with E-state index in [9.17, 15) is 4.21 Å². The highest BCUT2D eigenvalue weighted by molar-refractivity contribution is 7.85. The summed E-state index contributed by atoms with van der Waals surface area (Å²) in [5, 5.41) is 7.33. The van der Waals surface area contributed by atoms with Gasteiger partial charge < -0.3 is 10.6 Å². The topological polar surface area (TPSA) is 56.7 Å². The van der Waals surface area contributed by atoms with Crippen molar-refractivity contribution in [3.05, 3.63) is 35.4 Å². The number of rotatable bonds is 7. The Hall–Kier alpha value is -1.40. The van der Waals surface area contributed by atoms with Gasteiger partial charge in [0.25, 0.3) is 0 Å². The second-order valence-corrected chi connectivity index (χ2v) is 11.0. The molecule has 1 aliphatic carbocycles. The number of aliphatic imine (C=N–C) groups is 1. The molecule has 3 atom stereocenters. The minimum atomic E-state index is -0.695. The lowest BCUT2D eigenvalue weighted by Crippen LogP contribution is -2.46. The molecule has 5 nitrogen and oxygen atoms in total. The van der Waals surface area contributed by atoms with Crippen molar-refractivity contribution in [3.63, 3.8) is 0 Å². The Morgan fingerprint density at radius 1 is 1.13 bits per heavy atom. The average molecular weight is 433 g/mol. The summed E-state index contributed by atoms with van der Waals surface area (Å²) in [6.07, 6.45) is 6.98. The maximum absolute atomic E-state index is 12.2. The Morgan fingerprint density at radius 3 is 2.50 bits per heavy atom. The Kier molecular flexibility index (Phi) is 9.19. The molecule has 3 unspecified atom stereocenters. The molecule has 1 heterocycles. The van der Waals surface area contributed by atoms with E-state index in [1.165, 1.54) is 37.1 Å². The highest BCUT2D eigenvalue weighted by Gasteiger charge is 2.26. The van der Waals surface area contributed by atoms with E-state index in [1.807, 2.05) is 14.0 Å². The molecule has 1 aliphatic heterocycles. The van der Waals surface area contributed by atoms with Crippen LogP contribution < -0.4 is 10.6 Å². The molecule has 0 bridgehead atoms. The van der Waals surface area contributed by atoms with Crippen molar-refractivity contribution in [1.29, 1.82) is 0 Å². The maximum Gasteiger partial charge on any atom is 0.191 e. The first-order valence-electron chi connectivity index (χ1n) is 11.7. The molecule has 2 N–H and O–H groups in total. The van der Waals surface area contributed by atoms with Crippen molar-refractivity contribution in [2.45, 2.75) is 76.8 Å². The van der Waals surface area contributed by atoms with E-state index in [4.69, 9.17) is 0 Å². The summed E-state index contributed by atoms with van der Waals surface area (Å²) in [5.41, 5.74) is 2.66. The van der Waals surface area contributed by atoms with E-state index >= 15 is 0 Å². The van der Waals surface area contributed by atoms with Crippen molar-refractivity contribution < 1.29 is 4.21 Å². The van der Waals surface area contributed by atoms with Crippen molar-refractivity contribution >= 4 is 16.8 Å². The van der Waals surface area contributed by atoms with Crippen LogP contribution in [0.15, 0.2) is 29.3 Å². The quantitative estimate of drug-likeness (QED) is 0.510. The summed E-state index contributed by atoms with van der Waals surface area (Å²) in [6, 6.07) is 9.33. The number of benzene rings is 1. The molecule has 1 aromatic carbocycles. The van der Waals surface area contributed by atoms with Gasteiger partial charge in [0.15, 0.2) is 5.96 Å². The van der Waals surface area contributed by atoms with Gasteiger partial charge in [0, 0.05) is 48.0 Å². The number of nitrogens with zero attached hydrogens (tertiary/aromatic N) is 2. The van der Waals surface area contributed by atoms with Gasteiger partial charge in [0.05, 0.1) is 0 Å². The zero-order valence-electron chi connectivity index (χ0n) is 19.0. The number of likely N-dealkylation sites (tertiary alicyclic amines) is 1. The lowest BCUT2D eigenvalue weighted by Gasteiger charge is -2.30. The second-order valence-electron chi connectivity index (χ2n) is 9.00. The number of guanidine groups is 1. The molecule has 1 aromatic rings. The van der Waals surface area contributed by atoms with Crippen LogP contribution in [0.4, 0.5) is 0 Å². The minimum absolute atomic E-state index is 0.329. The Balaban J connectivity index is 1.44. The van der Waals surface area contributed by atoms with Gasteiger partial charge in [-0.15, -0.1) is 0 Å². The normalized spacial score (nSPS) is 25.1. The molecule has 168 valence electrons. The SMILES string of the molecule is CCS(=O)C1CCCC(NC(=NC)NCc2ccc(CN3CCC(C)CC3)cc2)C1. The van der Waals surface area contributed by atoms with Crippen LogP contribution in [0, 0.1) is 5.92 Å². The van der Waals surface area contributed by atoms with Crippen molar-refractivity contribution in [2.75, 3.05) is 25.9 Å². The summed E-state index contributed by atoms with van der Waals surface area (Å²) in [7, 11) is 1.13. The molecular formula is C24H40N4OS. The van der Waals surface area contributed by atoms with E-state index in [1.54, 1.807) is 0 Å². The molecule has 1 saturated heterocycles. The fourth-order valence-electron chi connectivity index (χ4n) is 4.57. The molecular weight excluding hydrogens is 392 g/mol. The summed E-state index contributed by atoms with van der Waals surface area (Å²) in [4.78, 5) is 6.97. The molecule has 2 aliphatic rings. The third-order valence-electron chi connectivity index (χ3n) is 6.61. The third-order valence-corrected chi connectivity index (χ3v) is 8.35. The fourth-order valence-corrected chi connectivity index (χ4v) is 5.91. The smallest absolute Gasteiger partial charge is 0.191 e. The van der Waals surface area contributed by atoms with Gasteiger partial charge in [-0.2, -0.15) is 0 Å². The summed E-state index contributed by atoms with van der Waals surface area (Å²) < 4.78 is 12.2. The van der Waals surface area contributed by atoms with Gasteiger partial charge >= 0.3 is 0 Å². The Labute approximate surface area is 185 Å². The van der Waals surface area contributed by atoms with E-state index in [0.29, 0.717) is 11.3 Å². The highest BCUT2D eigenvalue weighted by Crippen LogP contribution is 2.23.